The number of nitrogens with zero attached hydrogens (tertiary/aromatic N) is 2. The molecule has 0 aliphatic carbocycles. The summed E-state index contributed by atoms with van der Waals surface area (Å²) in [6.07, 6.45) is -0.206. The largest absolute Gasteiger partial charge is 0.493 e. The number of halogens is 3. The Labute approximate surface area is 201 Å². The third kappa shape index (κ3) is 5.59. The topological polar surface area (TPSA) is 74.7 Å². The maximum absolute atomic E-state index is 14.9. The number of anilines is 1. The van der Waals surface area contributed by atoms with E-state index in [0.717, 1.165) is 6.07 Å². The van der Waals surface area contributed by atoms with E-state index in [1.165, 1.54) is 19.2 Å². The standard InChI is InChI=1S/C25H28F3N3O4/c1-14(17-6-5-7-19(23(17)26)25(3,27)28)29-24-18-10-22(35-13-16-12-33-8-9-34-16)21(32-4)11-20(18)30-15(2)31-24/h5-7,10-11,14,16H,8-9,12-13H2,1-4H3,(H,29,30,31)/t14-,16+/m1/s1. The van der Waals surface area contributed by atoms with Crippen molar-refractivity contribution in [1.82, 2.24) is 9.97 Å². The van der Waals surface area contributed by atoms with E-state index in [2.05, 4.69) is 15.3 Å². The van der Waals surface area contributed by atoms with Gasteiger partial charge in [0.25, 0.3) is 5.92 Å². The van der Waals surface area contributed by atoms with E-state index in [9.17, 15) is 13.2 Å². The van der Waals surface area contributed by atoms with Crippen molar-refractivity contribution >= 4 is 16.7 Å². The molecule has 1 N–H and O–H groups in total. The number of aryl methyl sites for hydroxylation is 1. The van der Waals surface area contributed by atoms with Crippen molar-refractivity contribution in [2.45, 2.75) is 38.8 Å². The third-order valence-corrected chi connectivity index (χ3v) is 5.72. The van der Waals surface area contributed by atoms with Gasteiger partial charge >= 0.3 is 0 Å². The van der Waals surface area contributed by atoms with Crippen LogP contribution in [0.3, 0.4) is 0 Å². The molecular formula is C25H28F3N3O4. The first-order valence-corrected chi connectivity index (χ1v) is 11.3. The van der Waals surface area contributed by atoms with Crippen LogP contribution in [0.1, 0.15) is 36.8 Å². The number of nitrogens with one attached hydrogen (secondary N) is 1. The number of fused-ring (bicyclic) bond motifs is 1. The van der Waals surface area contributed by atoms with E-state index in [0.29, 0.717) is 60.8 Å². The Morgan fingerprint density at radius 3 is 2.69 bits per heavy atom. The second-order valence-electron chi connectivity index (χ2n) is 8.48. The average molecular weight is 492 g/mol. The van der Waals surface area contributed by atoms with E-state index in [-0.39, 0.29) is 18.3 Å². The zero-order chi connectivity index (χ0) is 25.2. The fourth-order valence-corrected chi connectivity index (χ4v) is 3.96. The minimum absolute atomic E-state index is 0.105. The number of rotatable bonds is 8. The van der Waals surface area contributed by atoms with Crippen LogP contribution in [0.25, 0.3) is 10.9 Å². The molecule has 0 bridgehead atoms. The summed E-state index contributed by atoms with van der Waals surface area (Å²) in [7, 11) is 1.53. The lowest BCUT2D eigenvalue weighted by Crippen LogP contribution is -2.33. The average Bonchev–Trinajstić information content (AvgIpc) is 2.82. The van der Waals surface area contributed by atoms with Gasteiger partial charge in [-0.25, -0.2) is 23.1 Å². The second kappa shape index (κ2) is 10.2. The van der Waals surface area contributed by atoms with Gasteiger partial charge in [0.15, 0.2) is 11.5 Å². The van der Waals surface area contributed by atoms with Crippen molar-refractivity contribution in [2.24, 2.45) is 0 Å². The lowest BCUT2D eigenvalue weighted by Gasteiger charge is -2.23. The van der Waals surface area contributed by atoms with Gasteiger partial charge in [-0.05, 0) is 19.9 Å². The smallest absolute Gasteiger partial charge is 0.273 e. The molecule has 1 aromatic heterocycles. The van der Waals surface area contributed by atoms with Gasteiger partial charge < -0.3 is 24.3 Å². The molecule has 2 heterocycles. The number of aromatic nitrogens is 2. The van der Waals surface area contributed by atoms with Crippen molar-refractivity contribution in [3.05, 3.63) is 53.1 Å². The van der Waals surface area contributed by atoms with Gasteiger partial charge in [-0.15, -0.1) is 0 Å². The highest BCUT2D eigenvalue weighted by molar-refractivity contribution is 5.92. The molecule has 35 heavy (non-hydrogen) atoms. The van der Waals surface area contributed by atoms with Crippen LogP contribution < -0.4 is 14.8 Å². The molecule has 1 saturated heterocycles. The Bertz CT molecular complexity index is 1200. The minimum Gasteiger partial charge on any atom is -0.493 e. The van der Waals surface area contributed by atoms with Gasteiger partial charge in [-0.1, -0.05) is 18.2 Å². The number of alkyl halides is 2. The van der Waals surface area contributed by atoms with Gasteiger partial charge in [0.1, 0.15) is 30.2 Å². The molecule has 0 amide bonds. The zero-order valence-electron chi connectivity index (χ0n) is 20.0. The highest BCUT2D eigenvalue weighted by Crippen LogP contribution is 2.37. The molecule has 10 heteroatoms. The summed E-state index contributed by atoms with van der Waals surface area (Å²) in [5, 5.41) is 3.76. The molecule has 0 radical (unpaired) electrons. The summed E-state index contributed by atoms with van der Waals surface area (Å²) in [6.45, 7) is 5.84. The normalized spacial score (nSPS) is 17.3. The monoisotopic (exact) mass is 491 g/mol. The molecule has 188 valence electrons. The molecule has 0 spiro atoms. The lowest BCUT2D eigenvalue weighted by molar-refractivity contribution is -0.101. The first kappa shape index (κ1) is 25.0. The Balaban J connectivity index is 1.66. The number of methoxy groups -OCH3 is 1. The van der Waals surface area contributed by atoms with Crippen LogP contribution in [-0.4, -0.2) is 49.6 Å². The van der Waals surface area contributed by atoms with Crippen molar-refractivity contribution in [3.63, 3.8) is 0 Å². The molecule has 0 unspecified atom stereocenters. The molecule has 2 aromatic carbocycles. The van der Waals surface area contributed by atoms with Crippen LogP contribution in [-0.2, 0) is 15.4 Å². The van der Waals surface area contributed by atoms with Gasteiger partial charge in [-0.2, -0.15) is 0 Å². The zero-order valence-corrected chi connectivity index (χ0v) is 20.0. The molecule has 2 atom stereocenters. The molecule has 4 rings (SSSR count). The number of hydrogen-bond acceptors (Lipinski definition) is 7. The van der Waals surface area contributed by atoms with E-state index in [4.69, 9.17) is 18.9 Å². The third-order valence-electron chi connectivity index (χ3n) is 5.72. The Morgan fingerprint density at radius 2 is 2.00 bits per heavy atom. The number of ether oxygens (including phenoxy) is 4. The summed E-state index contributed by atoms with van der Waals surface area (Å²) in [6, 6.07) is 6.79. The van der Waals surface area contributed by atoms with Crippen molar-refractivity contribution in [3.8, 4) is 11.5 Å². The molecule has 1 fully saturated rings. The maximum atomic E-state index is 14.9. The van der Waals surface area contributed by atoms with E-state index < -0.39 is 23.3 Å². The van der Waals surface area contributed by atoms with Crippen LogP contribution in [0.2, 0.25) is 0 Å². The fraction of sp³-hybridized carbons (Fsp3) is 0.440. The predicted octanol–water partition coefficient (Wildman–Crippen LogP) is 5.16. The molecule has 3 aromatic rings. The van der Waals surface area contributed by atoms with Gasteiger partial charge in [0.2, 0.25) is 0 Å². The van der Waals surface area contributed by atoms with Crippen molar-refractivity contribution in [1.29, 1.82) is 0 Å². The Kier molecular flexibility index (Phi) is 7.32. The van der Waals surface area contributed by atoms with Crippen LogP contribution in [0.15, 0.2) is 30.3 Å². The first-order chi connectivity index (χ1) is 16.7. The van der Waals surface area contributed by atoms with Gasteiger partial charge in [-0.3, -0.25) is 0 Å². The summed E-state index contributed by atoms with van der Waals surface area (Å²) in [5.74, 6) is -2.42. The predicted molar refractivity (Wildman–Crippen MR) is 125 cm³/mol. The van der Waals surface area contributed by atoms with Gasteiger partial charge in [0.05, 0.1) is 44.1 Å². The fourth-order valence-electron chi connectivity index (χ4n) is 3.96. The van der Waals surface area contributed by atoms with E-state index in [1.807, 2.05) is 0 Å². The van der Waals surface area contributed by atoms with Crippen LogP contribution in [0.4, 0.5) is 19.0 Å². The number of hydrogen-bond donors (Lipinski definition) is 1. The summed E-state index contributed by atoms with van der Waals surface area (Å²) in [4.78, 5) is 8.96. The quantitative estimate of drug-likeness (QED) is 0.466. The number of benzene rings is 2. The minimum atomic E-state index is -3.30. The van der Waals surface area contributed by atoms with Crippen molar-refractivity contribution < 1.29 is 32.1 Å². The van der Waals surface area contributed by atoms with Crippen LogP contribution in [0.5, 0.6) is 11.5 Å². The Hall–Kier alpha value is -3.11. The highest BCUT2D eigenvalue weighted by Gasteiger charge is 2.30. The Morgan fingerprint density at radius 1 is 1.20 bits per heavy atom. The lowest BCUT2D eigenvalue weighted by atomic mass is 10.0. The van der Waals surface area contributed by atoms with Gasteiger partial charge in [0, 0.05) is 23.9 Å². The summed E-state index contributed by atoms with van der Waals surface area (Å²) < 4.78 is 65.1. The van der Waals surface area contributed by atoms with Crippen LogP contribution in [0, 0.1) is 12.7 Å². The van der Waals surface area contributed by atoms with E-state index in [1.54, 1.807) is 26.0 Å². The second-order valence-corrected chi connectivity index (χ2v) is 8.48. The van der Waals surface area contributed by atoms with Crippen LogP contribution >= 0.6 is 0 Å². The molecule has 0 saturated carbocycles. The molecule has 1 aliphatic heterocycles. The molecule has 1 aliphatic rings. The van der Waals surface area contributed by atoms with E-state index >= 15 is 0 Å². The summed E-state index contributed by atoms with van der Waals surface area (Å²) >= 11 is 0. The summed E-state index contributed by atoms with van der Waals surface area (Å²) in [5.41, 5.74) is 0.0394. The maximum Gasteiger partial charge on any atom is 0.273 e. The molecular weight excluding hydrogens is 463 g/mol. The first-order valence-electron chi connectivity index (χ1n) is 11.3. The molecule has 7 nitrogen and oxygen atoms in total. The van der Waals surface area contributed by atoms with Crippen molar-refractivity contribution in [2.75, 3.05) is 38.9 Å². The SMILES string of the molecule is COc1cc2nc(C)nc(N[C@H](C)c3cccc(C(C)(F)F)c3F)c2cc1OC[C@@H]1COCCO1. The highest BCUT2D eigenvalue weighted by atomic mass is 19.3.